The molecule has 0 fully saturated rings. The zero-order chi connectivity index (χ0) is 11.3. The summed E-state index contributed by atoms with van der Waals surface area (Å²) in [5.74, 6) is 1.36. The number of ether oxygens (including phenoxy) is 1. The molecule has 0 aliphatic carbocycles. The van der Waals surface area contributed by atoms with Gasteiger partial charge in [0.1, 0.15) is 5.76 Å². The molecule has 0 amide bonds. The number of hydrogen-bond donors (Lipinski definition) is 2. The van der Waals surface area contributed by atoms with Crippen LogP contribution >= 0.6 is 0 Å². The number of allylic oxidation sites excluding steroid dienone is 3. The Morgan fingerprint density at radius 3 is 2.93 bits per heavy atom. The van der Waals surface area contributed by atoms with Gasteiger partial charge in [-0.1, -0.05) is 13.8 Å². The van der Waals surface area contributed by atoms with Crippen molar-refractivity contribution in [2.24, 2.45) is 5.92 Å². The van der Waals surface area contributed by atoms with E-state index in [-0.39, 0.29) is 0 Å². The highest BCUT2D eigenvalue weighted by atomic mass is 16.5. The third-order valence-electron chi connectivity index (χ3n) is 2.00. The first-order valence-electron chi connectivity index (χ1n) is 5.12. The molecule has 1 heterocycles. The van der Waals surface area contributed by atoms with Gasteiger partial charge < -0.3 is 15.5 Å². The molecule has 0 saturated carbocycles. The first-order valence-corrected chi connectivity index (χ1v) is 5.12. The monoisotopic (exact) mass is 206 g/mol. The molecule has 1 rings (SSSR count). The third-order valence-corrected chi connectivity index (χ3v) is 2.00. The number of hydrogen-bond acceptors (Lipinski definition) is 3. The Balaban J connectivity index is 2.69. The van der Waals surface area contributed by atoms with Crippen molar-refractivity contribution >= 4 is 6.21 Å². The van der Waals surface area contributed by atoms with Crippen LogP contribution in [-0.4, -0.2) is 12.8 Å². The van der Waals surface area contributed by atoms with E-state index in [4.69, 9.17) is 10.1 Å². The van der Waals surface area contributed by atoms with Crippen LogP contribution in [0.25, 0.3) is 0 Å². The van der Waals surface area contributed by atoms with Gasteiger partial charge in [-0.2, -0.15) is 0 Å². The summed E-state index contributed by atoms with van der Waals surface area (Å²) in [6, 6.07) is 0. The van der Waals surface area contributed by atoms with Crippen molar-refractivity contribution in [3.8, 4) is 0 Å². The Morgan fingerprint density at radius 1 is 1.60 bits per heavy atom. The third kappa shape index (κ3) is 3.62. The summed E-state index contributed by atoms with van der Waals surface area (Å²) in [7, 11) is 0. The SMILES string of the molecule is C/C(C=N)=C1\C=C(OCC(C)C)C=CN1. The van der Waals surface area contributed by atoms with Crippen LogP contribution in [0.5, 0.6) is 0 Å². The summed E-state index contributed by atoms with van der Waals surface area (Å²) in [4.78, 5) is 0. The van der Waals surface area contributed by atoms with E-state index >= 15 is 0 Å². The summed E-state index contributed by atoms with van der Waals surface area (Å²) in [6.07, 6.45) is 6.97. The van der Waals surface area contributed by atoms with Crippen LogP contribution in [0.1, 0.15) is 20.8 Å². The molecule has 2 N–H and O–H groups in total. The van der Waals surface area contributed by atoms with Crippen LogP contribution in [0, 0.1) is 11.3 Å². The zero-order valence-corrected chi connectivity index (χ0v) is 9.50. The lowest BCUT2D eigenvalue weighted by molar-refractivity contribution is 0.189. The fourth-order valence-corrected chi connectivity index (χ4v) is 1.10. The Hall–Kier alpha value is -1.51. The van der Waals surface area contributed by atoms with Crippen molar-refractivity contribution < 1.29 is 4.74 Å². The van der Waals surface area contributed by atoms with E-state index in [0.717, 1.165) is 17.0 Å². The van der Waals surface area contributed by atoms with Crippen molar-refractivity contribution in [3.05, 3.63) is 35.4 Å². The molecular formula is C12H18N2O. The summed E-state index contributed by atoms with van der Waals surface area (Å²) in [5, 5.41) is 10.2. The van der Waals surface area contributed by atoms with Gasteiger partial charge in [0.25, 0.3) is 0 Å². The standard InChI is InChI=1S/C12H18N2O/c1-9(2)8-15-11-4-5-14-12(6-11)10(3)7-13/h4-7,9,13-14H,8H2,1-3H3/b12-10-,13-7?. The summed E-state index contributed by atoms with van der Waals surface area (Å²) in [6.45, 7) is 6.84. The molecule has 82 valence electrons. The van der Waals surface area contributed by atoms with Gasteiger partial charge in [-0.15, -0.1) is 0 Å². The van der Waals surface area contributed by atoms with E-state index in [9.17, 15) is 0 Å². The van der Waals surface area contributed by atoms with Crippen molar-refractivity contribution in [1.82, 2.24) is 5.32 Å². The van der Waals surface area contributed by atoms with Crippen LogP contribution in [0.4, 0.5) is 0 Å². The zero-order valence-electron chi connectivity index (χ0n) is 9.50. The lowest BCUT2D eigenvalue weighted by atomic mass is 10.2. The van der Waals surface area contributed by atoms with Crippen molar-refractivity contribution in [1.29, 1.82) is 5.41 Å². The van der Waals surface area contributed by atoms with Gasteiger partial charge in [-0.25, -0.2) is 0 Å². The maximum absolute atomic E-state index is 7.16. The molecule has 0 saturated heterocycles. The number of nitrogens with one attached hydrogen (secondary N) is 2. The highest BCUT2D eigenvalue weighted by molar-refractivity contribution is 5.77. The van der Waals surface area contributed by atoms with Crippen LogP contribution in [0.2, 0.25) is 0 Å². The maximum Gasteiger partial charge on any atom is 0.122 e. The Bertz CT molecular complexity index is 325. The summed E-state index contributed by atoms with van der Waals surface area (Å²) >= 11 is 0. The van der Waals surface area contributed by atoms with Crippen LogP contribution < -0.4 is 5.32 Å². The fraction of sp³-hybridized carbons (Fsp3) is 0.417. The van der Waals surface area contributed by atoms with Crippen molar-refractivity contribution in [2.75, 3.05) is 6.61 Å². The Morgan fingerprint density at radius 2 is 2.33 bits per heavy atom. The van der Waals surface area contributed by atoms with E-state index < -0.39 is 0 Å². The van der Waals surface area contributed by atoms with Crippen LogP contribution in [0.15, 0.2) is 35.4 Å². The molecule has 0 aromatic heterocycles. The summed E-state index contributed by atoms with van der Waals surface area (Å²) < 4.78 is 5.59. The lowest BCUT2D eigenvalue weighted by Crippen LogP contribution is -2.12. The lowest BCUT2D eigenvalue weighted by Gasteiger charge is -2.15. The van der Waals surface area contributed by atoms with E-state index in [0.29, 0.717) is 12.5 Å². The number of rotatable bonds is 4. The molecule has 0 bridgehead atoms. The van der Waals surface area contributed by atoms with E-state index in [2.05, 4.69) is 19.2 Å². The minimum absolute atomic E-state index is 0.519. The van der Waals surface area contributed by atoms with Gasteiger partial charge >= 0.3 is 0 Å². The largest absolute Gasteiger partial charge is 0.493 e. The van der Waals surface area contributed by atoms with Gasteiger partial charge in [0.05, 0.1) is 6.61 Å². The van der Waals surface area contributed by atoms with Crippen molar-refractivity contribution in [2.45, 2.75) is 20.8 Å². The van der Waals surface area contributed by atoms with Gasteiger partial charge in [0.15, 0.2) is 0 Å². The van der Waals surface area contributed by atoms with Crippen LogP contribution in [-0.2, 0) is 4.74 Å². The highest BCUT2D eigenvalue weighted by Gasteiger charge is 2.05. The first-order chi connectivity index (χ1) is 7.13. The average molecular weight is 206 g/mol. The highest BCUT2D eigenvalue weighted by Crippen LogP contribution is 2.12. The van der Waals surface area contributed by atoms with E-state index in [1.807, 2.05) is 25.3 Å². The Labute approximate surface area is 91.0 Å². The minimum Gasteiger partial charge on any atom is -0.493 e. The maximum atomic E-state index is 7.16. The molecule has 1 aliphatic heterocycles. The molecule has 3 heteroatoms. The molecule has 1 aliphatic rings. The molecular weight excluding hydrogens is 188 g/mol. The topological polar surface area (TPSA) is 45.1 Å². The predicted octanol–water partition coefficient (Wildman–Crippen LogP) is 2.58. The quantitative estimate of drug-likeness (QED) is 0.694. The van der Waals surface area contributed by atoms with Crippen LogP contribution in [0.3, 0.4) is 0 Å². The van der Waals surface area contributed by atoms with E-state index in [1.165, 1.54) is 6.21 Å². The average Bonchev–Trinajstić information content (AvgIpc) is 2.25. The van der Waals surface area contributed by atoms with Gasteiger partial charge in [0, 0.05) is 24.2 Å². The fourth-order valence-electron chi connectivity index (χ4n) is 1.10. The normalized spacial score (nSPS) is 18.3. The summed E-state index contributed by atoms with van der Waals surface area (Å²) in [5.41, 5.74) is 1.82. The molecule has 0 atom stereocenters. The van der Waals surface area contributed by atoms with Gasteiger partial charge in [0.2, 0.25) is 0 Å². The second kappa shape index (κ2) is 5.39. The molecule has 0 aromatic rings. The second-order valence-corrected chi connectivity index (χ2v) is 3.97. The molecule has 0 unspecified atom stereocenters. The molecule has 15 heavy (non-hydrogen) atoms. The smallest absolute Gasteiger partial charge is 0.122 e. The molecule has 3 nitrogen and oxygen atoms in total. The van der Waals surface area contributed by atoms with E-state index in [1.54, 1.807) is 0 Å². The first kappa shape index (κ1) is 11.6. The molecule has 0 spiro atoms. The predicted molar refractivity (Wildman–Crippen MR) is 62.6 cm³/mol. The van der Waals surface area contributed by atoms with Gasteiger partial charge in [-0.3, -0.25) is 0 Å². The second-order valence-electron chi connectivity index (χ2n) is 3.97. The van der Waals surface area contributed by atoms with Crippen molar-refractivity contribution in [3.63, 3.8) is 0 Å². The van der Waals surface area contributed by atoms with Gasteiger partial charge in [-0.05, 0) is 24.5 Å². The number of dihydropyridines is 1. The minimum atomic E-state index is 0.519. The molecule has 0 radical (unpaired) electrons. The molecule has 0 aromatic carbocycles. The Kier molecular flexibility index (Phi) is 4.16.